The summed E-state index contributed by atoms with van der Waals surface area (Å²) in [5.41, 5.74) is 1.25. The van der Waals surface area contributed by atoms with Crippen LogP contribution in [-0.2, 0) is 0 Å². The number of hydrogen-bond acceptors (Lipinski definition) is 2. The van der Waals surface area contributed by atoms with E-state index in [1.165, 1.54) is 12.0 Å². The Labute approximate surface area is 77.2 Å². The predicted molar refractivity (Wildman–Crippen MR) is 50.5 cm³/mol. The number of aromatic nitrogens is 1. The molecule has 1 aromatic heterocycles. The van der Waals surface area contributed by atoms with Crippen LogP contribution in [0.1, 0.15) is 24.2 Å². The average molecular weight is 173 g/mol. The molecule has 2 heteroatoms. The molecule has 0 spiro atoms. The first-order valence-corrected chi connectivity index (χ1v) is 4.31. The molecule has 13 heavy (non-hydrogen) atoms. The van der Waals surface area contributed by atoms with Crippen molar-refractivity contribution in [3.05, 3.63) is 54.2 Å². The first-order chi connectivity index (χ1) is 6.38. The molecule has 0 saturated carbocycles. The Morgan fingerprint density at radius 2 is 2.00 bits per heavy atom. The highest BCUT2D eigenvalue weighted by Crippen LogP contribution is 2.22. The Morgan fingerprint density at radius 3 is 2.62 bits per heavy atom. The quantitative estimate of drug-likeness (QED) is 0.698. The molecule has 1 unspecified atom stereocenters. The van der Waals surface area contributed by atoms with Gasteiger partial charge < -0.3 is 4.42 Å². The fourth-order valence-electron chi connectivity index (χ4n) is 1.35. The highest BCUT2D eigenvalue weighted by Gasteiger charge is 2.10. The van der Waals surface area contributed by atoms with Crippen LogP contribution in [0, 0.1) is 0 Å². The summed E-state index contributed by atoms with van der Waals surface area (Å²) < 4.78 is 5.24. The second-order valence-electron chi connectivity index (χ2n) is 3.04. The van der Waals surface area contributed by atoms with E-state index in [0.717, 1.165) is 5.76 Å². The summed E-state index contributed by atoms with van der Waals surface area (Å²) in [6, 6.07) is 10.3. The van der Waals surface area contributed by atoms with Crippen LogP contribution in [0.15, 0.2) is 47.3 Å². The second-order valence-corrected chi connectivity index (χ2v) is 3.04. The number of hydrogen-bond donors (Lipinski definition) is 0. The maximum atomic E-state index is 5.24. The van der Waals surface area contributed by atoms with Crippen molar-refractivity contribution in [1.82, 2.24) is 4.98 Å². The van der Waals surface area contributed by atoms with Crippen LogP contribution in [0.3, 0.4) is 0 Å². The molecule has 0 N–H and O–H groups in total. The molecule has 0 saturated heterocycles. The lowest BCUT2D eigenvalue weighted by atomic mass is 9.99. The van der Waals surface area contributed by atoms with E-state index in [2.05, 4.69) is 24.0 Å². The van der Waals surface area contributed by atoms with Crippen LogP contribution < -0.4 is 0 Å². The molecule has 1 heterocycles. The molecule has 66 valence electrons. The van der Waals surface area contributed by atoms with Gasteiger partial charge in [-0.25, -0.2) is 4.98 Å². The van der Waals surface area contributed by atoms with Crippen molar-refractivity contribution in [2.75, 3.05) is 0 Å². The molecule has 0 aliphatic carbocycles. The zero-order valence-electron chi connectivity index (χ0n) is 7.47. The molecule has 1 aromatic carbocycles. The Morgan fingerprint density at radius 1 is 1.23 bits per heavy atom. The van der Waals surface area contributed by atoms with Crippen LogP contribution in [0.4, 0.5) is 0 Å². The van der Waals surface area contributed by atoms with Gasteiger partial charge in [0, 0.05) is 5.92 Å². The Kier molecular flexibility index (Phi) is 2.13. The molecule has 0 bridgehead atoms. The van der Waals surface area contributed by atoms with Crippen LogP contribution in [0.25, 0.3) is 0 Å². The fraction of sp³-hybridized carbons (Fsp3) is 0.182. The molecular weight excluding hydrogens is 162 g/mol. The Hall–Kier alpha value is -1.57. The molecule has 0 radical (unpaired) electrons. The van der Waals surface area contributed by atoms with Crippen molar-refractivity contribution >= 4 is 0 Å². The molecule has 0 fully saturated rings. The van der Waals surface area contributed by atoms with Gasteiger partial charge in [0.2, 0.25) is 0 Å². The SMILES string of the molecule is CC(c1ccccc1)c1cnco1. The Balaban J connectivity index is 2.29. The summed E-state index contributed by atoms with van der Waals surface area (Å²) in [5.74, 6) is 1.19. The van der Waals surface area contributed by atoms with Gasteiger partial charge in [-0.2, -0.15) is 0 Å². The topological polar surface area (TPSA) is 26.0 Å². The van der Waals surface area contributed by atoms with Crippen LogP contribution in [-0.4, -0.2) is 4.98 Å². The summed E-state index contributed by atoms with van der Waals surface area (Å²) >= 11 is 0. The number of benzene rings is 1. The minimum absolute atomic E-state index is 0.281. The van der Waals surface area contributed by atoms with E-state index >= 15 is 0 Å². The Bertz CT molecular complexity index is 353. The first kappa shape index (κ1) is 8.05. The molecule has 0 amide bonds. The number of oxazole rings is 1. The largest absolute Gasteiger partial charge is 0.448 e. The third-order valence-electron chi connectivity index (χ3n) is 2.18. The zero-order valence-corrected chi connectivity index (χ0v) is 7.47. The van der Waals surface area contributed by atoms with Gasteiger partial charge in [-0.05, 0) is 5.56 Å². The molecule has 1 atom stereocenters. The van der Waals surface area contributed by atoms with Crippen LogP contribution in [0.2, 0.25) is 0 Å². The lowest BCUT2D eigenvalue weighted by Gasteiger charge is -2.06. The van der Waals surface area contributed by atoms with Crippen molar-refractivity contribution in [2.45, 2.75) is 12.8 Å². The minimum Gasteiger partial charge on any atom is -0.448 e. The van der Waals surface area contributed by atoms with Crippen LogP contribution in [0.5, 0.6) is 0 Å². The van der Waals surface area contributed by atoms with E-state index in [1.54, 1.807) is 6.20 Å². The molecule has 0 aliphatic heterocycles. The van der Waals surface area contributed by atoms with Gasteiger partial charge in [-0.3, -0.25) is 0 Å². The smallest absolute Gasteiger partial charge is 0.180 e. The third-order valence-corrected chi connectivity index (χ3v) is 2.18. The maximum Gasteiger partial charge on any atom is 0.180 e. The van der Waals surface area contributed by atoms with Gasteiger partial charge in [0.15, 0.2) is 6.39 Å². The van der Waals surface area contributed by atoms with Gasteiger partial charge in [0.05, 0.1) is 6.20 Å². The number of rotatable bonds is 2. The van der Waals surface area contributed by atoms with Crippen LogP contribution >= 0.6 is 0 Å². The zero-order chi connectivity index (χ0) is 9.10. The van der Waals surface area contributed by atoms with Gasteiger partial charge in [-0.1, -0.05) is 37.3 Å². The summed E-state index contributed by atoms with van der Waals surface area (Å²) in [6.45, 7) is 2.11. The molecular formula is C11H11NO. The predicted octanol–water partition coefficient (Wildman–Crippen LogP) is 2.83. The van der Waals surface area contributed by atoms with Crippen molar-refractivity contribution in [1.29, 1.82) is 0 Å². The second kappa shape index (κ2) is 3.44. The van der Waals surface area contributed by atoms with E-state index in [-0.39, 0.29) is 5.92 Å². The summed E-state index contributed by atoms with van der Waals surface area (Å²) in [4.78, 5) is 3.90. The highest BCUT2D eigenvalue weighted by atomic mass is 16.3. The van der Waals surface area contributed by atoms with E-state index in [9.17, 15) is 0 Å². The van der Waals surface area contributed by atoms with Gasteiger partial charge in [0.25, 0.3) is 0 Å². The minimum atomic E-state index is 0.281. The molecule has 0 aliphatic rings. The normalized spacial score (nSPS) is 12.7. The molecule has 2 aromatic rings. The molecule has 2 rings (SSSR count). The third kappa shape index (κ3) is 1.61. The van der Waals surface area contributed by atoms with Gasteiger partial charge in [-0.15, -0.1) is 0 Å². The summed E-state index contributed by atoms with van der Waals surface area (Å²) in [7, 11) is 0. The van der Waals surface area contributed by atoms with Gasteiger partial charge >= 0.3 is 0 Å². The van der Waals surface area contributed by atoms with Crippen molar-refractivity contribution in [3.8, 4) is 0 Å². The monoisotopic (exact) mass is 173 g/mol. The maximum absolute atomic E-state index is 5.24. The summed E-state index contributed by atoms with van der Waals surface area (Å²) in [5, 5.41) is 0. The van der Waals surface area contributed by atoms with Crippen molar-refractivity contribution < 1.29 is 4.42 Å². The first-order valence-electron chi connectivity index (χ1n) is 4.31. The lowest BCUT2D eigenvalue weighted by Crippen LogP contribution is -1.92. The molecule has 2 nitrogen and oxygen atoms in total. The van der Waals surface area contributed by atoms with Crippen molar-refractivity contribution in [2.24, 2.45) is 0 Å². The standard InChI is InChI=1S/C11H11NO/c1-9(11-7-12-8-13-11)10-5-3-2-4-6-10/h2-9H,1H3. The van der Waals surface area contributed by atoms with Gasteiger partial charge in [0.1, 0.15) is 5.76 Å². The highest BCUT2D eigenvalue weighted by molar-refractivity contribution is 5.24. The lowest BCUT2D eigenvalue weighted by molar-refractivity contribution is 0.491. The van der Waals surface area contributed by atoms with E-state index in [1.807, 2.05) is 18.2 Å². The summed E-state index contributed by atoms with van der Waals surface area (Å²) in [6.07, 6.45) is 3.23. The number of nitrogens with zero attached hydrogens (tertiary/aromatic N) is 1. The van der Waals surface area contributed by atoms with E-state index in [0.29, 0.717) is 0 Å². The van der Waals surface area contributed by atoms with Crippen molar-refractivity contribution in [3.63, 3.8) is 0 Å². The fourth-order valence-corrected chi connectivity index (χ4v) is 1.35. The van der Waals surface area contributed by atoms with E-state index in [4.69, 9.17) is 4.42 Å². The van der Waals surface area contributed by atoms with E-state index < -0.39 is 0 Å². The average Bonchev–Trinajstić information content (AvgIpc) is 2.71.